The van der Waals surface area contributed by atoms with Crippen LogP contribution < -0.4 is 0 Å². The van der Waals surface area contributed by atoms with E-state index in [0.717, 1.165) is 29.7 Å². The van der Waals surface area contributed by atoms with Crippen LogP contribution in [-0.4, -0.2) is 34.1 Å². The quantitative estimate of drug-likeness (QED) is 0.750. The molecular formula is C22H19FN4O. The zero-order valence-electron chi connectivity index (χ0n) is 15.2. The van der Waals surface area contributed by atoms with Crippen LogP contribution in [0.1, 0.15) is 40.4 Å². The molecule has 4 rings (SSSR count). The summed E-state index contributed by atoms with van der Waals surface area (Å²) in [7, 11) is 0. The van der Waals surface area contributed by atoms with Gasteiger partial charge >= 0.3 is 0 Å². The first-order valence-corrected chi connectivity index (χ1v) is 9.25. The van der Waals surface area contributed by atoms with Crippen molar-refractivity contribution in [3.8, 4) is 17.2 Å². The number of piperidine rings is 1. The molecule has 2 aromatic carbocycles. The third-order valence-corrected chi connectivity index (χ3v) is 5.27. The topological polar surface area (TPSA) is 72.8 Å². The predicted molar refractivity (Wildman–Crippen MR) is 103 cm³/mol. The number of carbonyl (C=O) groups is 1. The summed E-state index contributed by atoms with van der Waals surface area (Å²) < 4.78 is 13.6. The lowest BCUT2D eigenvalue weighted by Crippen LogP contribution is -2.38. The minimum atomic E-state index is -0.277. The monoisotopic (exact) mass is 374 g/mol. The fourth-order valence-electron chi connectivity index (χ4n) is 3.80. The number of nitriles is 1. The van der Waals surface area contributed by atoms with Gasteiger partial charge in [0.2, 0.25) is 0 Å². The average molecular weight is 374 g/mol. The van der Waals surface area contributed by atoms with Crippen LogP contribution in [0.15, 0.2) is 54.7 Å². The van der Waals surface area contributed by atoms with Crippen molar-refractivity contribution < 1.29 is 9.18 Å². The number of hydrogen-bond acceptors (Lipinski definition) is 3. The molecule has 0 aliphatic carbocycles. The van der Waals surface area contributed by atoms with Crippen LogP contribution in [-0.2, 0) is 0 Å². The fraction of sp³-hybridized carbons (Fsp3) is 0.227. The van der Waals surface area contributed by atoms with Gasteiger partial charge in [0.15, 0.2) is 0 Å². The van der Waals surface area contributed by atoms with E-state index < -0.39 is 0 Å². The van der Waals surface area contributed by atoms with E-state index in [0.29, 0.717) is 24.2 Å². The minimum absolute atomic E-state index is 0.106. The Labute approximate surface area is 162 Å². The molecule has 2 heterocycles. The van der Waals surface area contributed by atoms with Crippen molar-refractivity contribution in [3.05, 3.63) is 77.4 Å². The highest BCUT2D eigenvalue weighted by molar-refractivity contribution is 5.96. The second kappa shape index (κ2) is 7.65. The first kappa shape index (κ1) is 17.9. The van der Waals surface area contributed by atoms with Gasteiger partial charge in [0.25, 0.3) is 5.91 Å². The van der Waals surface area contributed by atoms with Crippen molar-refractivity contribution in [1.29, 1.82) is 5.26 Å². The van der Waals surface area contributed by atoms with Crippen molar-refractivity contribution >= 4 is 5.91 Å². The molecule has 0 bridgehead atoms. The molecular weight excluding hydrogens is 355 g/mol. The van der Waals surface area contributed by atoms with Gasteiger partial charge in [-0.15, -0.1) is 0 Å². The van der Waals surface area contributed by atoms with Crippen molar-refractivity contribution in [2.24, 2.45) is 0 Å². The summed E-state index contributed by atoms with van der Waals surface area (Å²) >= 11 is 0. The number of carbonyl (C=O) groups excluding carboxylic acids is 1. The van der Waals surface area contributed by atoms with Crippen LogP contribution in [0, 0.1) is 17.1 Å². The van der Waals surface area contributed by atoms with Gasteiger partial charge < -0.3 is 4.90 Å². The molecule has 5 nitrogen and oxygen atoms in total. The average Bonchev–Trinajstić information content (AvgIpc) is 3.23. The number of H-pyrrole nitrogens is 1. The number of benzene rings is 2. The Morgan fingerprint density at radius 1 is 1.18 bits per heavy atom. The molecule has 1 aliphatic heterocycles. The number of aromatic amines is 1. The smallest absolute Gasteiger partial charge is 0.255 e. The Balaban J connectivity index is 1.49. The maximum atomic E-state index is 13.6. The van der Waals surface area contributed by atoms with E-state index in [9.17, 15) is 14.4 Å². The third kappa shape index (κ3) is 3.39. The van der Waals surface area contributed by atoms with Gasteiger partial charge in [-0.1, -0.05) is 24.3 Å². The minimum Gasteiger partial charge on any atom is -0.339 e. The Kier molecular flexibility index (Phi) is 4.90. The summed E-state index contributed by atoms with van der Waals surface area (Å²) in [5, 5.41) is 16.5. The summed E-state index contributed by atoms with van der Waals surface area (Å²) in [6, 6.07) is 15.5. The van der Waals surface area contributed by atoms with Crippen LogP contribution in [0.3, 0.4) is 0 Å². The van der Waals surface area contributed by atoms with Crippen molar-refractivity contribution in [2.75, 3.05) is 13.1 Å². The highest BCUT2D eigenvalue weighted by Crippen LogP contribution is 2.34. The van der Waals surface area contributed by atoms with Gasteiger partial charge in [0, 0.05) is 30.3 Å². The number of nitrogens with one attached hydrogen (secondary N) is 1. The van der Waals surface area contributed by atoms with E-state index in [1.165, 1.54) is 12.1 Å². The van der Waals surface area contributed by atoms with Crippen molar-refractivity contribution in [3.63, 3.8) is 0 Å². The van der Waals surface area contributed by atoms with Crippen molar-refractivity contribution in [1.82, 2.24) is 15.1 Å². The first-order chi connectivity index (χ1) is 13.7. The van der Waals surface area contributed by atoms with Crippen LogP contribution >= 0.6 is 0 Å². The lowest BCUT2D eigenvalue weighted by Gasteiger charge is -2.32. The summed E-state index contributed by atoms with van der Waals surface area (Å²) in [6.07, 6.45) is 3.29. The molecule has 0 saturated carbocycles. The van der Waals surface area contributed by atoms with E-state index in [1.54, 1.807) is 41.4 Å². The van der Waals surface area contributed by atoms with Crippen LogP contribution in [0.25, 0.3) is 11.1 Å². The maximum absolute atomic E-state index is 13.6. The summed E-state index contributed by atoms with van der Waals surface area (Å²) in [5.74, 6) is -0.164. The number of nitrogens with zero attached hydrogens (tertiary/aromatic N) is 3. The first-order valence-electron chi connectivity index (χ1n) is 9.25. The molecule has 1 aliphatic rings. The van der Waals surface area contributed by atoms with Gasteiger partial charge in [-0.05, 0) is 42.7 Å². The lowest BCUT2D eigenvalue weighted by atomic mass is 9.89. The second-order valence-electron chi connectivity index (χ2n) is 6.93. The SMILES string of the molecule is N#Cc1ccccc1C(=O)N1CCC(c2[nH]ncc2-c2cccc(F)c2)CC1. The molecule has 6 heteroatoms. The molecule has 1 amide bonds. The van der Waals surface area contributed by atoms with Gasteiger partial charge in [-0.2, -0.15) is 10.4 Å². The summed E-state index contributed by atoms with van der Waals surface area (Å²) in [6.45, 7) is 1.20. The highest BCUT2D eigenvalue weighted by atomic mass is 19.1. The van der Waals surface area contributed by atoms with E-state index in [-0.39, 0.29) is 17.6 Å². The van der Waals surface area contributed by atoms with E-state index in [2.05, 4.69) is 16.3 Å². The normalized spacial score (nSPS) is 14.6. The molecule has 28 heavy (non-hydrogen) atoms. The summed E-state index contributed by atoms with van der Waals surface area (Å²) in [5.41, 5.74) is 3.53. The van der Waals surface area contributed by atoms with Crippen LogP contribution in [0.2, 0.25) is 0 Å². The molecule has 1 saturated heterocycles. The standard InChI is InChI=1S/C22H19FN4O/c23-18-6-3-5-16(12-18)20-14-25-26-21(20)15-8-10-27(11-9-15)22(28)19-7-2-1-4-17(19)13-24/h1-7,12,14-15H,8-11H2,(H,25,26). The van der Waals surface area contributed by atoms with Crippen LogP contribution in [0.4, 0.5) is 4.39 Å². The predicted octanol–water partition coefficient (Wildman–Crippen LogP) is 4.11. The number of hydrogen-bond donors (Lipinski definition) is 1. The van der Waals surface area contributed by atoms with Gasteiger partial charge in [-0.25, -0.2) is 4.39 Å². The van der Waals surface area contributed by atoms with Gasteiger partial charge in [-0.3, -0.25) is 9.89 Å². The van der Waals surface area contributed by atoms with E-state index in [1.807, 2.05) is 6.07 Å². The Morgan fingerprint density at radius 2 is 1.96 bits per heavy atom. The largest absolute Gasteiger partial charge is 0.339 e. The second-order valence-corrected chi connectivity index (χ2v) is 6.93. The van der Waals surface area contributed by atoms with E-state index in [4.69, 9.17) is 0 Å². The molecule has 0 atom stereocenters. The molecule has 0 spiro atoms. The van der Waals surface area contributed by atoms with E-state index >= 15 is 0 Å². The molecule has 0 radical (unpaired) electrons. The fourth-order valence-corrected chi connectivity index (χ4v) is 3.80. The number of aromatic nitrogens is 2. The zero-order chi connectivity index (χ0) is 19.5. The number of likely N-dealkylation sites (tertiary alicyclic amines) is 1. The summed E-state index contributed by atoms with van der Waals surface area (Å²) in [4.78, 5) is 14.6. The van der Waals surface area contributed by atoms with Gasteiger partial charge in [0.05, 0.1) is 23.4 Å². The molecule has 1 aromatic heterocycles. The molecule has 1 N–H and O–H groups in total. The molecule has 0 unspecified atom stereocenters. The number of halogens is 1. The Hall–Kier alpha value is -3.46. The number of rotatable bonds is 3. The number of amides is 1. The van der Waals surface area contributed by atoms with Crippen LogP contribution in [0.5, 0.6) is 0 Å². The Bertz CT molecular complexity index is 1040. The maximum Gasteiger partial charge on any atom is 0.255 e. The molecule has 3 aromatic rings. The molecule has 1 fully saturated rings. The third-order valence-electron chi connectivity index (χ3n) is 5.27. The van der Waals surface area contributed by atoms with Crippen molar-refractivity contribution in [2.45, 2.75) is 18.8 Å². The zero-order valence-corrected chi connectivity index (χ0v) is 15.2. The molecule has 140 valence electrons. The Morgan fingerprint density at radius 3 is 2.71 bits per heavy atom. The highest BCUT2D eigenvalue weighted by Gasteiger charge is 2.28. The lowest BCUT2D eigenvalue weighted by molar-refractivity contribution is 0.0712. The van der Waals surface area contributed by atoms with Gasteiger partial charge in [0.1, 0.15) is 5.82 Å².